The molecule has 0 aliphatic heterocycles. The molecule has 0 spiro atoms. The lowest BCUT2D eigenvalue weighted by atomic mass is 10.1. The first-order valence-corrected chi connectivity index (χ1v) is 5.99. The Bertz CT molecular complexity index is 451. The van der Waals surface area contributed by atoms with E-state index in [1.165, 1.54) is 11.1 Å². The summed E-state index contributed by atoms with van der Waals surface area (Å²) < 4.78 is 1.16. The number of hydrogen-bond donors (Lipinski definition) is 2. The minimum atomic E-state index is 0.811. The molecule has 4 heteroatoms. The molecule has 0 amide bonds. The maximum Gasteiger partial charge on any atom is 0.0490 e. The van der Waals surface area contributed by atoms with E-state index in [9.17, 15) is 0 Å². The third-order valence-electron chi connectivity index (χ3n) is 2.44. The van der Waals surface area contributed by atoms with Gasteiger partial charge in [-0.2, -0.15) is 5.10 Å². The van der Waals surface area contributed by atoms with Crippen LogP contribution >= 0.6 is 15.9 Å². The van der Waals surface area contributed by atoms with Crippen LogP contribution in [0.25, 0.3) is 0 Å². The lowest BCUT2D eigenvalue weighted by molar-refractivity contribution is 0.677. The van der Waals surface area contributed by atoms with Crippen LogP contribution in [0.4, 0.5) is 0 Å². The summed E-state index contributed by atoms with van der Waals surface area (Å²) in [5, 5.41) is 10.2. The molecule has 0 radical (unpaired) electrons. The topological polar surface area (TPSA) is 40.7 Å². The first-order chi connectivity index (χ1) is 7.75. The smallest absolute Gasteiger partial charge is 0.0490 e. The molecule has 0 fully saturated rings. The van der Waals surface area contributed by atoms with E-state index in [1.807, 2.05) is 6.07 Å². The highest BCUT2D eigenvalue weighted by atomic mass is 79.9. The van der Waals surface area contributed by atoms with Crippen LogP contribution in [0.3, 0.4) is 0 Å². The number of aryl methyl sites for hydroxylation is 1. The number of aromatic nitrogens is 2. The van der Waals surface area contributed by atoms with Crippen molar-refractivity contribution in [1.29, 1.82) is 0 Å². The number of rotatable bonds is 4. The van der Waals surface area contributed by atoms with Gasteiger partial charge in [-0.1, -0.05) is 28.1 Å². The summed E-state index contributed by atoms with van der Waals surface area (Å²) in [5.74, 6) is 0. The van der Waals surface area contributed by atoms with Crippen LogP contribution in [0.5, 0.6) is 0 Å². The van der Waals surface area contributed by atoms with Crippen LogP contribution in [0.15, 0.2) is 34.9 Å². The summed E-state index contributed by atoms with van der Waals surface area (Å²) in [5.41, 5.74) is 3.64. The quantitative estimate of drug-likeness (QED) is 0.904. The van der Waals surface area contributed by atoms with Crippen LogP contribution < -0.4 is 5.32 Å². The molecule has 1 aromatic carbocycles. The minimum absolute atomic E-state index is 0.811. The van der Waals surface area contributed by atoms with Gasteiger partial charge in [0.2, 0.25) is 0 Å². The molecule has 16 heavy (non-hydrogen) atoms. The standard InChI is InChI=1S/C12H14BrN3/c1-9-2-3-10(6-12(9)13)7-14-8-11-4-5-15-16-11/h2-6,14H,7-8H2,1H3,(H,15,16). The normalized spacial score (nSPS) is 10.6. The van der Waals surface area contributed by atoms with Gasteiger partial charge in [-0.05, 0) is 30.2 Å². The first-order valence-electron chi connectivity index (χ1n) is 5.20. The van der Waals surface area contributed by atoms with E-state index in [4.69, 9.17) is 0 Å². The van der Waals surface area contributed by atoms with Crippen LogP contribution in [0.1, 0.15) is 16.8 Å². The van der Waals surface area contributed by atoms with Gasteiger partial charge < -0.3 is 5.32 Å². The fraction of sp³-hybridized carbons (Fsp3) is 0.250. The van der Waals surface area contributed by atoms with E-state index >= 15 is 0 Å². The number of H-pyrrole nitrogens is 1. The van der Waals surface area contributed by atoms with Gasteiger partial charge in [0.25, 0.3) is 0 Å². The largest absolute Gasteiger partial charge is 0.307 e. The Morgan fingerprint density at radius 1 is 1.31 bits per heavy atom. The molecule has 0 aliphatic rings. The second-order valence-electron chi connectivity index (χ2n) is 3.77. The summed E-state index contributed by atoms with van der Waals surface area (Å²) in [6, 6.07) is 8.38. The fourth-order valence-corrected chi connectivity index (χ4v) is 1.90. The van der Waals surface area contributed by atoms with Gasteiger partial charge >= 0.3 is 0 Å². The predicted molar refractivity (Wildman–Crippen MR) is 68.0 cm³/mol. The maximum absolute atomic E-state index is 3.90. The molecule has 0 atom stereocenters. The Morgan fingerprint density at radius 3 is 2.88 bits per heavy atom. The summed E-state index contributed by atoms with van der Waals surface area (Å²) in [6.07, 6.45) is 1.76. The summed E-state index contributed by atoms with van der Waals surface area (Å²) in [6.45, 7) is 3.76. The number of benzene rings is 1. The highest BCUT2D eigenvalue weighted by Gasteiger charge is 1.98. The van der Waals surface area contributed by atoms with Gasteiger partial charge in [-0.3, -0.25) is 5.10 Å². The molecular formula is C12H14BrN3. The zero-order chi connectivity index (χ0) is 11.4. The molecule has 0 unspecified atom stereocenters. The molecule has 3 nitrogen and oxygen atoms in total. The van der Waals surface area contributed by atoms with Crippen molar-refractivity contribution >= 4 is 15.9 Å². The molecule has 0 saturated carbocycles. The van der Waals surface area contributed by atoms with Crippen molar-refractivity contribution in [1.82, 2.24) is 15.5 Å². The Morgan fingerprint density at radius 2 is 2.19 bits per heavy atom. The SMILES string of the molecule is Cc1ccc(CNCc2ccn[nH]2)cc1Br. The van der Waals surface area contributed by atoms with E-state index in [1.54, 1.807) is 6.20 Å². The molecule has 0 bridgehead atoms. The molecule has 1 heterocycles. The molecule has 1 aromatic heterocycles. The van der Waals surface area contributed by atoms with Crippen molar-refractivity contribution in [3.8, 4) is 0 Å². The second kappa shape index (κ2) is 5.27. The predicted octanol–water partition coefficient (Wildman–Crippen LogP) is 2.77. The average Bonchev–Trinajstić information content (AvgIpc) is 2.76. The monoisotopic (exact) mass is 279 g/mol. The number of hydrogen-bond acceptors (Lipinski definition) is 2. The number of nitrogens with zero attached hydrogens (tertiary/aromatic N) is 1. The molecule has 2 aromatic rings. The summed E-state index contributed by atoms with van der Waals surface area (Å²) in [7, 11) is 0. The zero-order valence-corrected chi connectivity index (χ0v) is 10.7. The fourth-order valence-electron chi connectivity index (χ4n) is 1.47. The molecule has 2 rings (SSSR count). The molecular weight excluding hydrogens is 266 g/mol. The van der Waals surface area contributed by atoms with Gasteiger partial charge in [0.15, 0.2) is 0 Å². The molecule has 2 N–H and O–H groups in total. The van der Waals surface area contributed by atoms with Crippen LogP contribution in [-0.2, 0) is 13.1 Å². The van der Waals surface area contributed by atoms with Crippen LogP contribution in [0, 0.1) is 6.92 Å². The maximum atomic E-state index is 3.90. The van der Waals surface area contributed by atoms with E-state index in [2.05, 4.69) is 56.6 Å². The second-order valence-corrected chi connectivity index (χ2v) is 4.62. The van der Waals surface area contributed by atoms with Crippen molar-refractivity contribution in [3.05, 3.63) is 51.8 Å². The highest BCUT2D eigenvalue weighted by Crippen LogP contribution is 2.17. The number of aromatic amines is 1. The van der Waals surface area contributed by atoms with Crippen LogP contribution in [0.2, 0.25) is 0 Å². The Kier molecular flexibility index (Phi) is 3.74. The number of halogens is 1. The van der Waals surface area contributed by atoms with Crippen molar-refractivity contribution < 1.29 is 0 Å². The third kappa shape index (κ3) is 2.93. The molecule has 0 aliphatic carbocycles. The van der Waals surface area contributed by atoms with Gasteiger partial charge in [0.05, 0.1) is 0 Å². The van der Waals surface area contributed by atoms with Gasteiger partial charge in [-0.15, -0.1) is 0 Å². The van der Waals surface area contributed by atoms with Gasteiger partial charge in [0.1, 0.15) is 0 Å². The van der Waals surface area contributed by atoms with E-state index in [0.29, 0.717) is 0 Å². The lowest BCUT2D eigenvalue weighted by Crippen LogP contribution is -2.12. The van der Waals surface area contributed by atoms with Crippen molar-refractivity contribution in [2.24, 2.45) is 0 Å². The van der Waals surface area contributed by atoms with Crippen molar-refractivity contribution in [3.63, 3.8) is 0 Å². The minimum Gasteiger partial charge on any atom is -0.307 e. The summed E-state index contributed by atoms with van der Waals surface area (Å²) >= 11 is 3.53. The zero-order valence-electron chi connectivity index (χ0n) is 9.13. The van der Waals surface area contributed by atoms with E-state index in [0.717, 1.165) is 23.3 Å². The van der Waals surface area contributed by atoms with Gasteiger partial charge in [0, 0.05) is 29.5 Å². The number of nitrogens with one attached hydrogen (secondary N) is 2. The van der Waals surface area contributed by atoms with Crippen LogP contribution in [-0.4, -0.2) is 10.2 Å². The Hall–Kier alpha value is -1.13. The van der Waals surface area contributed by atoms with Crippen molar-refractivity contribution in [2.45, 2.75) is 20.0 Å². The van der Waals surface area contributed by atoms with Crippen molar-refractivity contribution in [2.75, 3.05) is 0 Å². The average molecular weight is 280 g/mol. The van der Waals surface area contributed by atoms with Gasteiger partial charge in [-0.25, -0.2) is 0 Å². The highest BCUT2D eigenvalue weighted by molar-refractivity contribution is 9.10. The molecule has 0 saturated heterocycles. The van der Waals surface area contributed by atoms with E-state index < -0.39 is 0 Å². The Labute approximate surface area is 103 Å². The Balaban J connectivity index is 1.87. The van der Waals surface area contributed by atoms with E-state index in [-0.39, 0.29) is 0 Å². The third-order valence-corrected chi connectivity index (χ3v) is 3.29. The summed E-state index contributed by atoms with van der Waals surface area (Å²) in [4.78, 5) is 0. The lowest BCUT2D eigenvalue weighted by Gasteiger charge is -2.05. The first kappa shape index (κ1) is 11.4. The molecule has 84 valence electrons.